The van der Waals surface area contributed by atoms with Crippen LogP contribution in [0.3, 0.4) is 0 Å². The van der Waals surface area contributed by atoms with Gasteiger partial charge in [0.25, 0.3) is 5.56 Å². The lowest BCUT2D eigenvalue weighted by Gasteiger charge is -2.04. The van der Waals surface area contributed by atoms with Crippen molar-refractivity contribution < 1.29 is 4.74 Å². The zero-order valence-corrected chi connectivity index (χ0v) is 10.8. The van der Waals surface area contributed by atoms with Gasteiger partial charge in [0, 0.05) is 6.07 Å². The van der Waals surface area contributed by atoms with E-state index in [-0.39, 0.29) is 5.56 Å². The molecule has 1 heterocycles. The van der Waals surface area contributed by atoms with E-state index in [9.17, 15) is 4.79 Å². The van der Waals surface area contributed by atoms with Crippen LogP contribution in [-0.2, 0) is 0 Å². The number of ether oxygens (including phenoxy) is 1. The van der Waals surface area contributed by atoms with Crippen molar-refractivity contribution in [3.05, 3.63) is 57.9 Å². The molecule has 0 amide bonds. The third kappa shape index (κ3) is 3.01. The highest BCUT2D eigenvalue weighted by molar-refractivity contribution is 5.80. The molecule has 0 fully saturated rings. The molecule has 2 rings (SSSR count). The molecule has 5 heteroatoms. The van der Waals surface area contributed by atoms with Gasteiger partial charge in [0.05, 0.1) is 13.3 Å². The second-order valence-electron chi connectivity index (χ2n) is 4.13. The molecular formula is C14H15N3O2. The van der Waals surface area contributed by atoms with Crippen LogP contribution in [0.25, 0.3) is 0 Å². The van der Waals surface area contributed by atoms with Crippen LogP contribution in [-0.4, -0.2) is 18.0 Å². The number of nitrogens with zero attached hydrogens (tertiary/aromatic N) is 2. The van der Waals surface area contributed by atoms with Crippen LogP contribution < -0.4 is 16.0 Å². The number of anilines is 1. The summed E-state index contributed by atoms with van der Waals surface area (Å²) in [4.78, 5) is 11.7. The fraction of sp³-hybridized carbons (Fsp3) is 0.143. The summed E-state index contributed by atoms with van der Waals surface area (Å²) in [6.45, 7) is 1.81. The number of nitrogen functional groups attached to an aromatic ring is 1. The number of aromatic nitrogens is 1. The van der Waals surface area contributed by atoms with Crippen LogP contribution in [0.5, 0.6) is 5.75 Å². The molecular weight excluding hydrogens is 242 g/mol. The van der Waals surface area contributed by atoms with Gasteiger partial charge in [-0.05, 0) is 36.2 Å². The van der Waals surface area contributed by atoms with Gasteiger partial charge in [-0.2, -0.15) is 9.78 Å². The topological polar surface area (TPSA) is 69.6 Å². The average molecular weight is 257 g/mol. The lowest BCUT2D eigenvalue weighted by Crippen LogP contribution is -2.19. The molecule has 2 N–H and O–H groups in total. The quantitative estimate of drug-likeness (QED) is 0.850. The van der Waals surface area contributed by atoms with Crippen molar-refractivity contribution in [3.63, 3.8) is 0 Å². The number of rotatable bonds is 3. The first-order valence-electron chi connectivity index (χ1n) is 5.78. The Labute approximate surface area is 110 Å². The molecule has 98 valence electrons. The fourth-order valence-corrected chi connectivity index (χ4v) is 1.69. The maximum Gasteiger partial charge on any atom is 0.273 e. The normalized spacial score (nSPS) is 10.8. The summed E-state index contributed by atoms with van der Waals surface area (Å²) in [7, 11) is 1.60. The third-order valence-electron chi connectivity index (χ3n) is 2.60. The van der Waals surface area contributed by atoms with E-state index in [0.29, 0.717) is 5.82 Å². The second-order valence-corrected chi connectivity index (χ2v) is 4.13. The minimum atomic E-state index is -0.253. The van der Waals surface area contributed by atoms with Gasteiger partial charge in [-0.1, -0.05) is 12.1 Å². The van der Waals surface area contributed by atoms with Crippen molar-refractivity contribution in [2.45, 2.75) is 6.92 Å². The van der Waals surface area contributed by atoms with Crippen molar-refractivity contribution in [1.29, 1.82) is 0 Å². The van der Waals surface area contributed by atoms with E-state index in [1.165, 1.54) is 6.07 Å². The summed E-state index contributed by atoms with van der Waals surface area (Å²) >= 11 is 0. The van der Waals surface area contributed by atoms with Crippen LogP contribution in [0, 0.1) is 6.92 Å². The lowest BCUT2D eigenvalue weighted by molar-refractivity contribution is 0.415. The van der Waals surface area contributed by atoms with E-state index in [1.807, 2.05) is 31.2 Å². The Morgan fingerprint density at radius 1 is 1.32 bits per heavy atom. The monoisotopic (exact) mass is 257 g/mol. The van der Waals surface area contributed by atoms with Gasteiger partial charge in [-0.15, -0.1) is 0 Å². The molecule has 0 atom stereocenters. The highest BCUT2D eigenvalue weighted by Gasteiger charge is 2.00. The summed E-state index contributed by atoms with van der Waals surface area (Å²) in [5, 5.41) is 4.09. The van der Waals surface area contributed by atoms with Crippen molar-refractivity contribution in [2.24, 2.45) is 5.10 Å². The van der Waals surface area contributed by atoms with E-state index in [0.717, 1.165) is 21.6 Å². The second kappa shape index (κ2) is 5.39. The van der Waals surface area contributed by atoms with Gasteiger partial charge in [0.1, 0.15) is 11.6 Å². The molecule has 5 nitrogen and oxygen atoms in total. The van der Waals surface area contributed by atoms with E-state index < -0.39 is 0 Å². The third-order valence-corrected chi connectivity index (χ3v) is 2.60. The number of aryl methyl sites for hydroxylation is 1. The predicted molar refractivity (Wildman–Crippen MR) is 75.8 cm³/mol. The Bertz CT molecular complexity index is 675. The van der Waals surface area contributed by atoms with Crippen molar-refractivity contribution in [2.75, 3.05) is 12.8 Å². The minimum Gasteiger partial charge on any atom is -0.497 e. The minimum absolute atomic E-state index is 0.253. The Morgan fingerprint density at radius 2 is 2.11 bits per heavy atom. The molecule has 0 saturated carbocycles. The van der Waals surface area contributed by atoms with Gasteiger partial charge in [-0.25, -0.2) is 0 Å². The highest BCUT2D eigenvalue weighted by atomic mass is 16.5. The lowest BCUT2D eigenvalue weighted by atomic mass is 10.2. The van der Waals surface area contributed by atoms with Crippen LogP contribution in [0.15, 0.2) is 46.3 Å². The van der Waals surface area contributed by atoms with E-state index in [2.05, 4.69) is 5.10 Å². The molecule has 1 aromatic heterocycles. The van der Waals surface area contributed by atoms with Gasteiger partial charge < -0.3 is 10.5 Å². The number of pyridine rings is 1. The highest BCUT2D eigenvalue weighted by Crippen LogP contribution is 2.11. The zero-order chi connectivity index (χ0) is 13.8. The molecule has 0 bridgehead atoms. The Balaban J connectivity index is 2.35. The molecule has 0 unspecified atom stereocenters. The number of nitrogens with two attached hydrogens (primary N) is 1. The van der Waals surface area contributed by atoms with Crippen LogP contribution in [0.4, 0.5) is 5.82 Å². The Morgan fingerprint density at radius 3 is 2.79 bits per heavy atom. The molecule has 0 saturated heterocycles. The molecule has 0 aliphatic heterocycles. The van der Waals surface area contributed by atoms with Gasteiger partial charge >= 0.3 is 0 Å². The van der Waals surface area contributed by atoms with Gasteiger partial charge in [-0.3, -0.25) is 4.79 Å². The fourth-order valence-electron chi connectivity index (χ4n) is 1.69. The summed E-state index contributed by atoms with van der Waals surface area (Å²) in [6.07, 6.45) is 1.57. The summed E-state index contributed by atoms with van der Waals surface area (Å²) in [6, 6.07) is 10.6. The Hall–Kier alpha value is -2.56. The molecule has 0 spiro atoms. The van der Waals surface area contributed by atoms with Crippen molar-refractivity contribution in [1.82, 2.24) is 4.68 Å². The maximum atomic E-state index is 11.7. The van der Waals surface area contributed by atoms with Crippen molar-refractivity contribution in [3.8, 4) is 5.75 Å². The molecule has 0 aliphatic carbocycles. The van der Waals surface area contributed by atoms with Crippen LogP contribution in [0.1, 0.15) is 11.1 Å². The first-order chi connectivity index (χ1) is 9.10. The summed E-state index contributed by atoms with van der Waals surface area (Å²) in [5.74, 6) is 1.04. The summed E-state index contributed by atoms with van der Waals surface area (Å²) < 4.78 is 6.27. The number of hydrogen-bond acceptors (Lipinski definition) is 4. The zero-order valence-electron chi connectivity index (χ0n) is 10.8. The molecule has 0 radical (unpaired) electrons. The number of benzene rings is 1. The first kappa shape index (κ1) is 12.9. The largest absolute Gasteiger partial charge is 0.497 e. The average Bonchev–Trinajstić information content (AvgIpc) is 2.37. The maximum absolute atomic E-state index is 11.7. The van der Waals surface area contributed by atoms with Crippen molar-refractivity contribution >= 4 is 12.0 Å². The van der Waals surface area contributed by atoms with Crippen LogP contribution >= 0.6 is 0 Å². The first-order valence-corrected chi connectivity index (χ1v) is 5.78. The van der Waals surface area contributed by atoms with E-state index in [4.69, 9.17) is 10.5 Å². The number of methoxy groups -OCH3 is 1. The van der Waals surface area contributed by atoms with E-state index >= 15 is 0 Å². The van der Waals surface area contributed by atoms with Gasteiger partial charge in [0.2, 0.25) is 0 Å². The molecule has 0 aliphatic rings. The van der Waals surface area contributed by atoms with E-state index in [1.54, 1.807) is 19.4 Å². The smallest absolute Gasteiger partial charge is 0.273 e. The summed E-state index contributed by atoms with van der Waals surface area (Å²) in [5.41, 5.74) is 7.15. The Kier molecular flexibility index (Phi) is 3.66. The predicted octanol–water partition coefficient (Wildman–Crippen LogP) is 1.63. The van der Waals surface area contributed by atoms with Gasteiger partial charge in [0.15, 0.2) is 0 Å². The van der Waals surface area contributed by atoms with Crippen LogP contribution in [0.2, 0.25) is 0 Å². The molecule has 19 heavy (non-hydrogen) atoms. The molecule has 2 aromatic rings. The standard InChI is InChI=1S/C14H15N3O2/c1-10-6-13(15)17(14(18)7-10)16-9-11-4-3-5-12(8-11)19-2/h3-9H,15H2,1-2H3/b16-9-. The number of hydrogen-bond donors (Lipinski definition) is 1. The molecule has 1 aromatic carbocycles. The SMILES string of the molecule is COc1cccc(/C=N\n2c(N)cc(C)cc2=O)c1.